The van der Waals surface area contributed by atoms with E-state index in [-0.39, 0.29) is 5.78 Å². The molecule has 0 aliphatic rings. The third kappa shape index (κ3) is 2.89. The molecule has 1 aromatic heterocycles. The van der Waals surface area contributed by atoms with Gasteiger partial charge in [-0.15, -0.1) is 0 Å². The molecule has 0 radical (unpaired) electrons. The summed E-state index contributed by atoms with van der Waals surface area (Å²) in [6.07, 6.45) is 2.94. The third-order valence-corrected chi connectivity index (χ3v) is 2.27. The Kier molecular flexibility index (Phi) is 4.49. The molecule has 0 fully saturated rings. The number of ketones is 1. The quantitative estimate of drug-likeness (QED) is 0.726. The molecule has 0 aromatic carbocycles. The van der Waals surface area contributed by atoms with Gasteiger partial charge in [-0.1, -0.05) is 20.3 Å². The molecule has 1 atom stereocenters. The van der Waals surface area contributed by atoms with Gasteiger partial charge in [0.25, 0.3) is 0 Å². The van der Waals surface area contributed by atoms with Crippen LogP contribution in [0.15, 0.2) is 12.3 Å². The van der Waals surface area contributed by atoms with E-state index in [1.807, 2.05) is 13.8 Å². The molecule has 0 bridgehead atoms. The number of aliphatic hydroxyl groups excluding tert-OH is 1. The summed E-state index contributed by atoms with van der Waals surface area (Å²) in [6.45, 7) is 4.69. The molecule has 0 aliphatic heterocycles. The number of Topliss-reactive ketones (excluding diaryl/α,β-unsaturated/α-hetero) is 1. The second kappa shape index (κ2) is 5.66. The highest BCUT2D eigenvalue weighted by Crippen LogP contribution is 2.08. The zero-order valence-electron chi connectivity index (χ0n) is 9.31. The van der Waals surface area contributed by atoms with Crippen molar-refractivity contribution in [2.24, 2.45) is 0 Å². The van der Waals surface area contributed by atoms with Gasteiger partial charge in [0, 0.05) is 12.7 Å². The van der Waals surface area contributed by atoms with Crippen LogP contribution in [0, 0.1) is 0 Å². The average molecular weight is 210 g/mol. The lowest BCUT2D eigenvalue weighted by Crippen LogP contribution is -2.23. The summed E-state index contributed by atoms with van der Waals surface area (Å²) < 4.78 is 1.65. The highest BCUT2D eigenvalue weighted by molar-refractivity contribution is 5.97. The van der Waals surface area contributed by atoms with Gasteiger partial charge in [0.05, 0.1) is 0 Å². The van der Waals surface area contributed by atoms with Crippen LogP contribution >= 0.6 is 0 Å². The molecular weight excluding hydrogens is 192 g/mol. The van der Waals surface area contributed by atoms with Gasteiger partial charge in [0.2, 0.25) is 5.78 Å². The molecule has 0 saturated heterocycles. The maximum Gasteiger partial charge on any atom is 0.209 e. The van der Waals surface area contributed by atoms with Crippen molar-refractivity contribution in [3.63, 3.8) is 0 Å². The van der Waals surface area contributed by atoms with E-state index in [1.54, 1.807) is 16.9 Å². The van der Waals surface area contributed by atoms with Crippen molar-refractivity contribution in [2.75, 3.05) is 0 Å². The van der Waals surface area contributed by atoms with Gasteiger partial charge in [-0.2, -0.15) is 5.10 Å². The Hall–Kier alpha value is -1.16. The maximum atomic E-state index is 11.8. The van der Waals surface area contributed by atoms with Crippen LogP contribution in [0.2, 0.25) is 0 Å². The monoisotopic (exact) mass is 210 g/mol. The molecule has 1 heterocycles. The molecule has 4 heteroatoms. The van der Waals surface area contributed by atoms with Gasteiger partial charge >= 0.3 is 0 Å². The third-order valence-electron chi connectivity index (χ3n) is 2.27. The molecule has 4 nitrogen and oxygen atoms in total. The van der Waals surface area contributed by atoms with Gasteiger partial charge in [-0.25, -0.2) is 0 Å². The van der Waals surface area contributed by atoms with Gasteiger partial charge in [-0.3, -0.25) is 9.48 Å². The number of aliphatic hydroxyl groups is 1. The molecule has 0 spiro atoms. The first-order valence-corrected chi connectivity index (χ1v) is 5.44. The number of hydrogen-bond donors (Lipinski definition) is 1. The molecule has 0 aliphatic carbocycles. The summed E-state index contributed by atoms with van der Waals surface area (Å²) in [5.41, 5.74) is 0.512. The van der Waals surface area contributed by atoms with Crippen molar-refractivity contribution in [2.45, 2.75) is 45.8 Å². The summed E-state index contributed by atoms with van der Waals surface area (Å²) in [7, 11) is 0. The topological polar surface area (TPSA) is 55.1 Å². The Labute approximate surface area is 89.9 Å². The number of aryl methyl sites for hydroxylation is 1. The molecule has 0 amide bonds. The second-order valence-corrected chi connectivity index (χ2v) is 3.61. The predicted molar refractivity (Wildman–Crippen MR) is 57.8 cm³/mol. The molecule has 1 rings (SSSR count). The van der Waals surface area contributed by atoms with Crippen LogP contribution in [-0.2, 0) is 6.54 Å². The molecular formula is C11H18N2O2. The van der Waals surface area contributed by atoms with Crippen molar-refractivity contribution >= 4 is 5.78 Å². The SMILES string of the molecule is CCCC(O)C(=O)c1ccnn1CCC. The first-order valence-electron chi connectivity index (χ1n) is 5.44. The summed E-state index contributed by atoms with van der Waals surface area (Å²) in [6, 6.07) is 1.66. The fourth-order valence-electron chi connectivity index (χ4n) is 1.51. The van der Waals surface area contributed by atoms with Crippen molar-refractivity contribution in [1.29, 1.82) is 0 Å². The van der Waals surface area contributed by atoms with Gasteiger partial charge in [0.1, 0.15) is 11.8 Å². The van der Waals surface area contributed by atoms with Crippen LogP contribution in [-0.4, -0.2) is 26.8 Å². The van der Waals surface area contributed by atoms with Crippen LogP contribution in [0.4, 0.5) is 0 Å². The molecule has 1 N–H and O–H groups in total. The fraction of sp³-hybridized carbons (Fsp3) is 0.636. The summed E-state index contributed by atoms with van der Waals surface area (Å²) in [4.78, 5) is 11.8. The van der Waals surface area contributed by atoms with Gasteiger partial charge in [-0.05, 0) is 18.9 Å². The van der Waals surface area contributed by atoms with E-state index >= 15 is 0 Å². The number of carbonyl (C=O) groups excluding carboxylic acids is 1. The standard InChI is InChI=1S/C11H18N2O2/c1-3-5-10(14)11(15)9-6-7-12-13(9)8-4-2/h6-7,10,14H,3-5,8H2,1-2H3. The lowest BCUT2D eigenvalue weighted by atomic mass is 10.1. The maximum absolute atomic E-state index is 11.8. The lowest BCUT2D eigenvalue weighted by Gasteiger charge is -2.09. The molecule has 84 valence electrons. The average Bonchev–Trinajstić information content (AvgIpc) is 2.66. The zero-order valence-corrected chi connectivity index (χ0v) is 9.31. The Morgan fingerprint density at radius 2 is 2.27 bits per heavy atom. The minimum absolute atomic E-state index is 0.220. The van der Waals surface area contributed by atoms with E-state index in [0.29, 0.717) is 18.7 Å². The summed E-state index contributed by atoms with van der Waals surface area (Å²) in [5, 5.41) is 13.6. The van der Waals surface area contributed by atoms with E-state index in [9.17, 15) is 9.90 Å². The lowest BCUT2D eigenvalue weighted by molar-refractivity contribution is 0.0717. The van der Waals surface area contributed by atoms with Crippen LogP contribution in [0.3, 0.4) is 0 Å². The second-order valence-electron chi connectivity index (χ2n) is 3.61. The number of nitrogens with zero attached hydrogens (tertiary/aromatic N) is 2. The number of rotatable bonds is 6. The van der Waals surface area contributed by atoms with E-state index in [0.717, 1.165) is 12.8 Å². The van der Waals surface area contributed by atoms with Crippen LogP contribution in [0.25, 0.3) is 0 Å². The van der Waals surface area contributed by atoms with E-state index in [1.165, 1.54) is 0 Å². The van der Waals surface area contributed by atoms with Gasteiger partial charge < -0.3 is 5.11 Å². The van der Waals surface area contributed by atoms with Crippen LogP contribution in [0.5, 0.6) is 0 Å². The van der Waals surface area contributed by atoms with Crippen molar-refractivity contribution < 1.29 is 9.90 Å². The summed E-state index contributed by atoms with van der Waals surface area (Å²) >= 11 is 0. The Bertz CT molecular complexity index is 320. The minimum atomic E-state index is -0.887. The zero-order chi connectivity index (χ0) is 11.3. The minimum Gasteiger partial charge on any atom is -0.385 e. The van der Waals surface area contributed by atoms with E-state index < -0.39 is 6.10 Å². The largest absolute Gasteiger partial charge is 0.385 e. The Morgan fingerprint density at radius 1 is 1.53 bits per heavy atom. The highest BCUT2D eigenvalue weighted by atomic mass is 16.3. The summed E-state index contributed by atoms with van der Waals surface area (Å²) in [5.74, 6) is -0.220. The first kappa shape index (κ1) is 11.9. The van der Waals surface area contributed by atoms with Crippen LogP contribution < -0.4 is 0 Å². The fourth-order valence-corrected chi connectivity index (χ4v) is 1.51. The van der Waals surface area contributed by atoms with E-state index in [2.05, 4.69) is 5.10 Å². The normalized spacial score (nSPS) is 12.7. The first-order chi connectivity index (χ1) is 7.20. The number of carbonyl (C=O) groups is 1. The Balaban J connectivity index is 2.76. The molecule has 0 saturated carbocycles. The molecule has 1 aromatic rings. The van der Waals surface area contributed by atoms with Crippen molar-refractivity contribution in [3.05, 3.63) is 18.0 Å². The predicted octanol–water partition coefficient (Wildman–Crippen LogP) is 1.64. The smallest absolute Gasteiger partial charge is 0.209 e. The molecule has 15 heavy (non-hydrogen) atoms. The van der Waals surface area contributed by atoms with Gasteiger partial charge in [0.15, 0.2) is 0 Å². The molecule has 1 unspecified atom stereocenters. The van der Waals surface area contributed by atoms with Crippen molar-refractivity contribution in [3.8, 4) is 0 Å². The van der Waals surface area contributed by atoms with E-state index in [4.69, 9.17) is 0 Å². The van der Waals surface area contributed by atoms with Crippen LogP contribution in [0.1, 0.15) is 43.6 Å². The highest BCUT2D eigenvalue weighted by Gasteiger charge is 2.19. The number of aromatic nitrogens is 2. The van der Waals surface area contributed by atoms with Crippen molar-refractivity contribution in [1.82, 2.24) is 9.78 Å². The Morgan fingerprint density at radius 3 is 2.87 bits per heavy atom. The number of hydrogen-bond acceptors (Lipinski definition) is 3.